The lowest BCUT2D eigenvalue weighted by atomic mass is 10.00. The van der Waals surface area contributed by atoms with E-state index < -0.39 is 20.0 Å². The van der Waals surface area contributed by atoms with E-state index in [-0.39, 0.29) is 10.8 Å². The highest BCUT2D eigenvalue weighted by atomic mass is 32.2. The zero-order valence-corrected chi connectivity index (χ0v) is 17.8. The molecule has 0 amide bonds. The molecule has 1 heterocycles. The molecule has 28 heavy (non-hydrogen) atoms. The average molecular weight is 423 g/mol. The van der Waals surface area contributed by atoms with Gasteiger partial charge in [-0.15, -0.1) is 0 Å². The van der Waals surface area contributed by atoms with Crippen molar-refractivity contribution in [3.63, 3.8) is 0 Å². The minimum atomic E-state index is -3.63. The monoisotopic (exact) mass is 422 g/mol. The molecular formula is C20H26N2O4S2. The summed E-state index contributed by atoms with van der Waals surface area (Å²) >= 11 is 0. The molecule has 1 fully saturated rings. The Morgan fingerprint density at radius 3 is 2.36 bits per heavy atom. The van der Waals surface area contributed by atoms with E-state index in [0.29, 0.717) is 19.6 Å². The standard InChI is InChI=1S/C20H26N2O4S2/c1-21(27(2,23)24)15-17-8-7-13-22(16-17)28(25,26)20-12-6-11-19(14-20)18-9-4-3-5-10-18/h3-6,9-12,14,17H,7-8,13,15-16H2,1-2H3. The summed E-state index contributed by atoms with van der Waals surface area (Å²) in [6.45, 7) is 1.11. The van der Waals surface area contributed by atoms with Crippen molar-refractivity contribution >= 4 is 20.0 Å². The van der Waals surface area contributed by atoms with E-state index in [2.05, 4.69) is 0 Å². The van der Waals surface area contributed by atoms with Gasteiger partial charge in [-0.2, -0.15) is 4.31 Å². The number of hydrogen-bond acceptors (Lipinski definition) is 4. The Morgan fingerprint density at radius 1 is 1.00 bits per heavy atom. The second kappa shape index (κ2) is 8.32. The van der Waals surface area contributed by atoms with Gasteiger partial charge in [-0.25, -0.2) is 21.1 Å². The van der Waals surface area contributed by atoms with E-state index in [4.69, 9.17) is 0 Å². The maximum atomic E-state index is 13.2. The summed E-state index contributed by atoms with van der Waals surface area (Å²) in [7, 11) is -5.38. The van der Waals surface area contributed by atoms with Gasteiger partial charge in [0.1, 0.15) is 0 Å². The van der Waals surface area contributed by atoms with Gasteiger partial charge in [0.15, 0.2) is 0 Å². The van der Waals surface area contributed by atoms with Gasteiger partial charge in [-0.1, -0.05) is 42.5 Å². The van der Waals surface area contributed by atoms with Gasteiger partial charge >= 0.3 is 0 Å². The molecule has 0 aromatic heterocycles. The Hall–Kier alpha value is -1.74. The van der Waals surface area contributed by atoms with E-state index in [1.165, 1.54) is 21.9 Å². The van der Waals surface area contributed by atoms with Crippen LogP contribution in [0.1, 0.15) is 12.8 Å². The SMILES string of the molecule is CN(CC1CCCN(S(=O)(=O)c2cccc(-c3ccccc3)c2)C1)S(C)(=O)=O. The van der Waals surface area contributed by atoms with Gasteiger partial charge in [0, 0.05) is 26.7 Å². The summed E-state index contributed by atoms with van der Waals surface area (Å²) in [6, 6.07) is 16.6. The maximum absolute atomic E-state index is 13.2. The van der Waals surface area contributed by atoms with Crippen molar-refractivity contribution in [1.29, 1.82) is 0 Å². The summed E-state index contributed by atoms with van der Waals surface area (Å²) in [5.41, 5.74) is 1.82. The highest BCUT2D eigenvalue weighted by molar-refractivity contribution is 7.89. The first-order valence-corrected chi connectivity index (χ1v) is 12.5. The van der Waals surface area contributed by atoms with Crippen molar-refractivity contribution < 1.29 is 16.8 Å². The summed E-state index contributed by atoms with van der Waals surface area (Å²) in [5, 5.41) is 0. The van der Waals surface area contributed by atoms with Gasteiger partial charge in [-0.05, 0) is 42.0 Å². The molecule has 1 aliphatic heterocycles. The van der Waals surface area contributed by atoms with E-state index in [0.717, 1.165) is 24.0 Å². The Labute approximate surface area is 167 Å². The molecule has 1 saturated heterocycles. The summed E-state index contributed by atoms with van der Waals surface area (Å²) < 4.78 is 52.5. The van der Waals surface area contributed by atoms with Crippen LogP contribution in [0.5, 0.6) is 0 Å². The van der Waals surface area contributed by atoms with Gasteiger partial charge in [0.05, 0.1) is 11.2 Å². The van der Waals surface area contributed by atoms with Crippen LogP contribution in [0, 0.1) is 5.92 Å². The molecule has 8 heteroatoms. The molecule has 0 bridgehead atoms. The first kappa shape index (κ1) is 21.0. The molecule has 1 atom stereocenters. The summed E-state index contributed by atoms with van der Waals surface area (Å²) in [6.07, 6.45) is 2.70. The van der Waals surface area contributed by atoms with Gasteiger partial charge < -0.3 is 0 Å². The topological polar surface area (TPSA) is 74.8 Å². The number of piperidine rings is 1. The van der Waals surface area contributed by atoms with Crippen LogP contribution >= 0.6 is 0 Å². The van der Waals surface area contributed by atoms with Crippen LogP contribution in [0.15, 0.2) is 59.5 Å². The maximum Gasteiger partial charge on any atom is 0.243 e. The zero-order chi connectivity index (χ0) is 20.4. The van der Waals surface area contributed by atoms with Crippen molar-refractivity contribution in [2.75, 3.05) is 32.9 Å². The lowest BCUT2D eigenvalue weighted by Gasteiger charge is -2.33. The first-order valence-electron chi connectivity index (χ1n) is 9.25. The number of sulfonamides is 2. The highest BCUT2D eigenvalue weighted by Crippen LogP contribution is 2.27. The lowest BCUT2D eigenvalue weighted by molar-refractivity contribution is 0.239. The van der Waals surface area contributed by atoms with Crippen molar-refractivity contribution in [2.45, 2.75) is 17.7 Å². The molecule has 1 aliphatic rings. The fourth-order valence-corrected chi connectivity index (χ4v) is 5.59. The quantitative estimate of drug-likeness (QED) is 0.717. The van der Waals surface area contributed by atoms with Crippen molar-refractivity contribution in [1.82, 2.24) is 8.61 Å². The first-order chi connectivity index (χ1) is 13.2. The number of benzene rings is 2. The highest BCUT2D eigenvalue weighted by Gasteiger charge is 2.31. The van der Waals surface area contributed by atoms with E-state index in [1.54, 1.807) is 18.2 Å². The van der Waals surface area contributed by atoms with Crippen LogP contribution in [0.3, 0.4) is 0 Å². The Balaban J connectivity index is 1.81. The van der Waals surface area contributed by atoms with Gasteiger partial charge in [0.2, 0.25) is 20.0 Å². The van der Waals surface area contributed by atoms with Crippen LogP contribution in [0.2, 0.25) is 0 Å². The fourth-order valence-electron chi connectivity index (χ4n) is 3.51. The third kappa shape index (κ3) is 4.81. The number of nitrogens with zero attached hydrogens (tertiary/aromatic N) is 2. The Morgan fingerprint density at radius 2 is 1.68 bits per heavy atom. The van der Waals surface area contributed by atoms with Crippen molar-refractivity contribution in [3.05, 3.63) is 54.6 Å². The average Bonchev–Trinajstić information content (AvgIpc) is 2.68. The molecule has 1 unspecified atom stereocenters. The molecule has 0 N–H and O–H groups in total. The fraction of sp³-hybridized carbons (Fsp3) is 0.400. The molecule has 0 radical (unpaired) electrons. The second-order valence-corrected chi connectivity index (χ2v) is 11.3. The van der Waals surface area contributed by atoms with Crippen LogP contribution in [0.4, 0.5) is 0 Å². The predicted octanol–water partition coefficient (Wildman–Crippen LogP) is 2.65. The van der Waals surface area contributed by atoms with Crippen LogP contribution in [-0.4, -0.2) is 58.4 Å². The third-order valence-electron chi connectivity index (χ3n) is 5.14. The molecular weight excluding hydrogens is 396 g/mol. The Bertz CT molecular complexity index is 1020. The van der Waals surface area contributed by atoms with E-state index in [9.17, 15) is 16.8 Å². The largest absolute Gasteiger partial charge is 0.243 e. The zero-order valence-electron chi connectivity index (χ0n) is 16.2. The molecule has 6 nitrogen and oxygen atoms in total. The summed E-state index contributed by atoms with van der Waals surface area (Å²) in [5.74, 6) is -0.0134. The van der Waals surface area contributed by atoms with Crippen molar-refractivity contribution in [2.24, 2.45) is 5.92 Å². The molecule has 0 saturated carbocycles. The molecule has 152 valence electrons. The Kier molecular flexibility index (Phi) is 6.24. The van der Waals surface area contributed by atoms with Gasteiger partial charge in [0.25, 0.3) is 0 Å². The predicted molar refractivity (Wildman–Crippen MR) is 111 cm³/mol. The van der Waals surface area contributed by atoms with Crippen LogP contribution in [-0.2, 0) is 20.0 Å². The van der Waals surface area contributed by atoms with E-state index in [1.807, 2.05) is 36.4 Å². The second-order valence-electron chi connectivity index (χ2n) is 7.31. The van der Waals surface area contributed by atoms with Gasteiger partial charge in [-0.3, -0.25) is 0 Å². The smallest absolute Gasteiger partial charge is 0.213 e. The number of hydrogen-bond donors (Lipinski definition) is 0. The third-order valence-corrected chi connectivity index (χ3v) is 8.28. The molecule has 0 aliphatic carbocycles. The van der Waals surface area contributed by atoms with E-state index >= 15 is 0 Å². The van der Waals surface area contributed by atoms with Crippen LogP contribution < -0.4 is 0 Å². The molecule has 3 rings (SSSR count). The lowest BCUT2D eigenvalue weighted by Crippen LogP contribution is -2.43. The molecule has 0 spiro atoms. The minimum Gasteiger partial charge on any atom is -0.213 e. The summed E-state index contributed by atoms with van der Waals surface area (Å²) in [4.78, 5) is 0.269. The normalized spacial score (nSPS) is 19.0. The molecule has 2 aromatic carbocycles. The van der Waals surface area contributed by atoms with Crippen molar-refractivity contribution in [3.8, 4) is 11.1 Å². The molecule has 2 aromatic rings. The minimum absolute atomic E-state index is 0.0134. The van der Waals surface area contributed by atoms with Crippen LogP contribution in [0.25, 0.3) is 11.1 Å². The number of rotatable bonds is 6.